The molecular weight excluding hydrogens is 380 g/mol. The number of carbonyl (C=O) groups is 2. The highest BCUT2D eigenvalue weighted by Crippen LogP contribution is 2.25. The number of nitrogens with zero attached hydrogens (tertiary/aromatic N) is 2. The summed E-state index contributed by atoms with van der Waals surface area (Å²) in [5.74, 6) is 0. The van der Waals surface area contributed by atoms with E-state index in [0.717, 1.165) is 0 Å². The molecule has 0 unspecified atom stereocenters. The second-order valence-electron chi connectivity index (χ2n) is 7.45. The molecule has 0 aliphatic rings. The quantitative estimate of drug-likeness (QED) is 0.339. The summed E-state index contributed by atoms with van der Waals surface area (Å²) in [6.45, 7) is 0. The molecule has 0 saturated carbocycles. The van der Waals surface area contributed by atoms with E-state index in [0.29, 0.717) is 67.3 Å². The summed E-state index contributed by atoms with van der Waals surface area (Å²) < 4.78 is 3.71. The summed E-state index contributed by atoms with van der Waals surface area (Å²) in [6, 6.07) is 13.4. The minimum Gasteiger partial charge on any atom is -0.343 e. The number of fused-ring (bicyclic) bond motifs is 4. The molecule has 146 valence electrons. The van der Waals surface area contributed by atoms with Crippen molar-refractivity contribution < 1.29 is 9.59 Å². The molecule has 0 saturated heterocycles. The van der Waals surface area contributed by atoms with Crippen molar-refractivity contribution in [2.75, 3.05) is 0 Å². The van der Waals surface area contributed by atoms with Gasteiger partial charge in [0.2, 0.25) is 0 Å². The number of carbonyl (C=O) groups excluding carboxylic acids is 2. The minimum atomic E-state index is -0.187. The highest BCUT2D eigenvalue weighted by atomic mass is 16.1. The first-order valence-corrected chi connectivity index (χ1v) is 9.38. The van der Waals surface area contributed by atoms with Crippen LogP contribution in [0.15, 0.2) is 58.1 Å². The third kappa shape index (κ3) is 2.30. The van der Waals surface area contributed by atoms with Crippen LogP contribution in [0.1, 0.15) is 20.7 Å². The van der Waals surface area contributed by atoms with Gasteiger partial charge in [-0.3, -0.25) is 19.2 Å². The van der Waals surface area contributed by atoms with Crippen molar-refractivity contribution in [1.82, 2.24) is 9.13 Å². The molecule has 0 spiro atoms. The third-order valence-electron chi connectivity index (χ3n) is 5.85. The van der Waals surface area contributed by atoms with E-state index >= 15 is 0 Å². The van der Waals surface area contributed by atoms with E-state index in [1.165, 1.54) is 0 Å². The number of aryl methyl sites for hydroxylation is 2. The highest BCUT2D eigenvalue weighted by Gasteiger charge is 2.15. The number of benzene rings is 3. The van der Waals surface area contributed by atoms with Gasteiger partial charge >= 0.3 is 0 Å². The molecule has 30 heavy (non-hydrogen) atoms. The van der Waals surface area contributed by atoms with E-state index in [2.05, 4.69) is 0 Å². The molecular formula is C24H16N2O4. The van der Waals surface area contributed by atoms with Crippen molar-refractivity contribution in [2.24, 2.45) is 14.1 Å². The van der Waals surface area contributed by atoms with Gasteiger partial charge in [-0.1, -0.05) is 0 Å². The van der Waals surface area contributed by atoms with Gasteiger partial charge in [-0.25, -0.2) is 0 Å². The maximum atomic E-state index is 13.2. The van der Waals surface area contributed by atoms with Gasteiger partial charge in [0.25, 0.3) is 0 Å². The van der Waals surface area contributed by atoms with Crippen LogP contribution in [0.25, 0.3) is 43.6 Å². The maximum Gasteiger partial charge on any atom is 0.197 e. The monoisotopic (exact) mass is 396 g/mol. The minimum absolute atomic E-state index is 0.187. The topological polar surface area (TPSA) is 78.1 Å². The molecule has 0 radical (unpaired) electrons. The van der Waals surface area contributed by atoms with Crippen molar-refractivity contribution in [1.29, 1.82) is 0 Å². The Labute approximate surface area is 169 Å². The fourth-order valence-electron chi connectivity index (χ4n) is 4.25. The lowest BCUT2D eigenvalue weighted by molar-refractivity contribution is 0.111. The predicted octanol–water partition coefficient (Wildman–Crippen LogP) is 3.32. The molecule has 0 aliphatic carbocycles. The van der Waals surface area contributed by atoms with Gasteiger partial charge < -0.3 is 9.13 Å². The van der Waals surface area contributed by atoms with Gasteiger partial charge in [0.05, 0.1) is 22.1 Å². The summed E-state index contributed by atoms with van der Waals surface area (Å²) in [5, 5.41) is 1.85. The molecule has 0 atom stereocenters. The van der Waals surface area contributed by atoms with Crippen LogP contribution < -0.4 is 10.9 Å². The van der Waals surface area contributed by atoms with Crippen molar-refractivity contribution in [3.8, 4) is 0 Å². The van der Waals surface area contributed by atoms with Gasteiger partial charge in [-0.2, -0.15) is 0 Å². The lowest BCUT2D eigenvalue weighted by Gasteiger charge is -2.15. The maximum absolute atomic E-state index is 13.2. The molecule has 0 N–H and O–H groups in total. The fraction of sp³-hybridized carbons (Fsp3) is 0.0833. The van der Waals surface area contributed by atoms with Gasteiger partial charge in [0.15, 0.2) is 10.9 Å². The highest BCUT2D eigenvalue weighted by molar-refractivity contribution is 6.04. The molecule has 2 aromatic heterocycles. The number of pyridine rings is 2. The number of hydrogen-bond acceptors (Lipinski definition) is 4. The lowest BCUT2D eigenvalue weighted by atomic mass is 10.0. The molecule has 5 aromatic rings. The van der Waals surface area contributed by atoms with Crippen molar-refractivity contribution in [2.45, 2.75) is 0 Å². The van der Waals surface area contributed by atoms with Crippen molar-refractivity contribution in [3.63, 3.8) is 0 Å². The molecule has 0 amide bonds. The van der Waals surface area contributed by atoms with E-state index in [-0.39, 0.29) is 10.9 Å². The van der Waals surface area contributed by atoms with E-state index in [4.69, 9.17) is 0 Å². The normalized spacial score (nSPS) is 11.5. The Morgan fingerprint density at radius 1 is 0.567 bits per heavy atom. The molecule has 0 aliphatic heterocycles. The summed E-state index contributed by atoms with van der Waals surface area (Å²) in [4.78, 5) is 48.8. The Hall–Kier alpha value is -4.06. The first kappa shape index (κ1) is 18.0. The third-order valence-corrected chi connectivity index (χ3v) is 5.85. The zero-order valence-corrected chi connectivity index (χ0v) is 16.3. The Balaban J connectivity index is 2.03. The Bertz CT molecular complexity index is 1560. The van der Waals surface area contributed by atoms with Gasteiger partial charge in [0.1, 0.15) is 12.6 Å². The van der Waals surface area contributed by atoms with Crippen molar-refractivity contribution >= 4 is 56.2 Å². The van der Waals surface area contributed by atoms with E-state index < -0.39 is 0 Å². The molecule has 0 bridgehead atoms. The largest absolute Gasteiger partial charge is 0.343 e. The molecule has 5 rings (SSSR count). The first-order valence-electron chi connectivity index (χ1n) is 9.38. The van der Waals surface area contributed by atoms with Crippen LogP contribution in [0.4, 0.5) is 0 Å². The van der Waals surface area contributed by atoms with Crippen LogP contribution in [0, 0.1) is 0 Å². The van der Waals surface area contributed by atoms with Gasteiger partial charge in [-0.05, 0) is 48.5 Å². The van der Waals surface area contributed by atoms with Gasteiger partial charge in [0, 0.05) is 46.8 Å². The number of aldehydes is 2. The SMILES string of the molecule is Cn1c2ccc(C=O)cc2c(=O)c2cc3c(cc21)c(=O)c1cc(C=O)ccc1n3C. The fourth-order valence-corrected chi connectivity index (χ4v) is 4.25. The molecule has 6 heteroatoms. The lowest BCUT2D eigenvalue weighted by Crippen LogP contribution is -2.13. The predicted molar refractivity (Wildman–Crippen MR) is 118 cm³/mol. The standard InChI is InChI=1S/C24H16N2O4/c1-25-19-5-3-13(11-27)7-15(19)23(29)17-10-22-18(9-21(17)25)24(30)16-8-14(12-28)4-6-20(16)26(22)2/h3-12H,1-2H3. The Morgan fingerprint density at radius 3 is 1.30 bits per heavy atom. The summed E-state index contributed by atoms with van der Waals surface area (Å²) >= 11 is 0. The average Bonchev–Trinajstić information content (AvgIpc) is 2.79. The van der Waals surface area contributed by atoms with Crippen molar-refractivity contribution in [3.05, 3.63) is 80.1 Å². The average molecular weight is 396 g/mol. The summed E-state index contributed by atoms with van der Waals surface area (Å²) in [5.41, 5.74) is 3.11. The van der Waals surface area contributed by atoms with Crippen LogP contribution in [-0.4, -0.2) is 21.7 Å². The molecule has 2 heterocycles. The van der Waals surface area contributed by atoms with Crippen LogP contribution in [0.2, 0.25) is 0 Å². The molecule has 0 fully saturated rings. The van der Waals surface area contributed by atoms with E-state index in [1.54, 1.807) is 48.5 Å². The van der Waals surface area contributed by atoms with E-state index in [9.17, 15) is 19.2 Å². The molecule has 6 nitrogen and oxygen atoms in total. The first-order chi connectivity index (χ1) is 14.4. The number of aromatic nitrogens is 2. The summed E-state index contributed by atoms with van der Waals surface area (Å²) in [6.07, 6.45) is 1.43. The summed E-state index contributed by atoms with van der Waals surface area (Å²) in [7, 11) is 3.65. The smallest absolute Gasteiger partial charge is 0.197 e. The zero-order chi connectivity index (χ0) is 21.2. The Morgan fingerprint density at radius 2 is 0.933 bits per heavy atom. The second-order valence-corrected chi connectivity index (χ2v) is 7.45. The number of rotatable bonds is 2. The zero-order valence-electron chi connectivity index (χ0n) is 16.3. The Kier molecular flexibility index (Phi) is 3.73. The van der Waals surface area contributed by atoms with Crippen LogP contribution in [-0.2, 0) is 14.1 Å². The van der Waals surface area contributed by atoms with Crippen LogP contribution in [0.3, 0.4) is 0 Å². The number of hydrogen-bond donors (Lipinski definition) is 0. The van der Waals surface area contributed by atoms with Crippen LogP contribution >= 0.6 is 0 Å². The molecule has 3 aromatic carbocycles. The van der Waals surface area contributed by atoms with E-state index in [1.807, 2.05) is 23.2 Å². The second kappa shape index (κ2) is 6.22. The van der Waals surface area contributed by atoms with Gasteiger partial charge in [-0.15, -0.1) is 0 Å². The van der Waals surface area contributed by atoms with Crippen LogP contribution in [0.5, 0.6) is 0 Å².